The van der Waals surface area contributed by atoms with Crippen LogP contribution in [0.2, 0.25) is 0 Å². The lowest BCUT2D eigenvalue weighted by atomic mass is 9.98. The molecule has 0 aromatic rings. The molecule has 0 aromatic carbocycles. The molecule has 1 aliphatic heterocycles. The van der Waals surface area contributed by atoms with Crippen LogP contribution in [0.3, 0.4) is 0 Å². The van der Waals surface area contributed by atoms with E-state index in [1.54, 1.807) is 27.8 Å². The van der Waals surface area contributed by atoms with Crippen LogP contribution in [-0.2, 0) is 9.84 Å². The highest BCUT2D eigenvalue weighted by molar-refractivity contribution is 14.0. The summed E-state index contributed by atoms with van der Waals surface area (Å²) in [5.41, 5.74) is 0.0511. The molecule has 0 aromatic heterocycles. The number of guanidine groups is 1. The van der Waals surface area contributed by atoms with E-state index in [0.29, 0.717) is 12.5 Å². The van der Waals surface area contributed by atoms with Crippen molar-refractivity contribution < 1.29 is 8.42 Å². The number of halogens is 1. The average molecular weight is 488 g/mol. The molecule has 1 saturated heterocycles. The summed E-state index contributed by atoms with van der Waals surface area (Å²) in [6.07, 6.45) is 3.85. The van der Waals surface area contributed by atoms with Crippen molar-refractivity contribution >= 4 is 39.8 Å². The monoisotopic (exact) mass is 488 g/mol. The van der Waals surface area contributed by atoms with Crippen molar-refractivity contribution in [2.75, 3.05) is 39.0 Å². The topological polar surface area (TPSA) is 73.8 Å². The predicted molar refractivity (Wildman–Crippen MR) is 118 cm³/mol. The van der Waals surface area contributed by atoms with Crippen molar-refractivity contribution in [3.8, 4) is 0 Å². The maximum absolute atomic E-state index is 12.1. The minimum Gasteiger partial charge on any atom is -0.355 e. The summed E-state index contributed by atoms with van der Waals surface area (Å²) in [5, 5.41) is 6.45. The van der Waals surface area contributed by atoms with Crippen molar-refractivity contribution in [3.63, 3.8) is 0 Å². The molecule has 0 unspecified atom stereocenters. The van der Waals surface area contributed by atoms with Crippen molar-refractivity contribution in [1.29, 1.82) is 0 Å². The molecule has 0 amide bonds. The normalized spacial score (nSPS) is 17.8. The SMILES string of the molecule is CN=C(NCCS(=O)(=O)C(C)(C)C)NCC(C)(C)N1CCCCC1.I. The van der Waals surface area contributed by atoms with Gasteiger partial charge in [-0.3, -0.25) is 9.89 Å². The van der Waals surface area contributed by atoms with Crippen molar-refractivity contribution in [2.45, 2.75) is 64.2 Å². The molecule has 0 atom stereocenters. The molecule has 1 aliphatic rings. The van der Waals surface area contributed by atoms with E-state index < -0.39 is 14.6 Å². The number of likely N-dealkylation sites (tertiary alicyclic amines) is 1. The second-order valence-electron chi connectivity index (χ2n) is 8.14. The molecule has 25 heavy (non-hydrogen) atoms. The number of aliphatic imine (C=N–C) groups is 1. The molecule has 0 spiro atoms. The predicted octanol–water partition coefficient (Wildman–Crippen LogP) is 2.25. The van der Waals surface area contributed by atoms with Gasteiger partial charge >= 0.3 is 0 Å². The summed E-state index contributed by atoms with van der Waals surface area (Å²) in [7, 11) is -1.41. The van der Waals surface area contributed by atoms with Crippen LogP contribution >= 0.6 is 24.0 Å². The van der Waals surface area contributed by atoms with E-state index in [2.05, 4.69) is 34.4 Å². The minimum atomic E-state index is -3.12. The first-order chi connectivity index (χ1) is 11.0. The molecule has 2 N–H and O–H groups in total. The van der Waals surface area contributed by atoms with Gasteiger partial charge in [0.2, 0.25) is 0 Å². The third kappa shape index (κ3) is 7.99. The maximum atomic E-state index is 12.1. The number of nitrogens with zero attached hydrogens (tertiary/aromatic N) is 2. The first-order valence-electron chi connectivity index (χ1n) is 8.91. The molecule has 0 bridgehead atoms. The molecule has 8 heteroatoms. The molecular weight excluding hydrogens is 451 g/mol. The lowest BCUT2D eigenvalue weighted by Gasteiger charge is -2.41. The maximum Gasteiger partial charge on any atom is 0.191 e. The van der Waals surface area contributed by atoms with Gasteiger partial charge in [-0.15, -0.1) is 24.0 Å². The van der Waals surface area contributed by atoms with Crippen LogP contribution in [0.15, 0.2) is 4.99 Å². The van der Waals surface area contributed by atoms with Gasteiger partial charge in [0.1, 0.15) is 0 Å². The van der Waals surface area contributed by atoms with Gasteiger partial charge in [0.15, 0.2) is 15.8 Å². The summed E-state index contributed by atoms with van der Waals surface area (Å²) in [4.78, 5) is 6.71. The van der Waals surface area contributed by atoms with Gasteiger partial charge in [0.05, 0.1) is 10.5 Å². The fourth-order valence-corrected chi connectivity index (χ4v) is 3.72. The van der Waals surface area contributed by atoms with E-state index in [4.69, 9.17) is 0 Å². The van der Waals surface area contributed by atoms with Crippen LogP contribution in [0.1, 0.15) is 53.9 Å². The van der Waals surface area contributed by atoms with Gasteiger partial charge in [0.25, 0.3) is 0 Å². The Morgan fingerprint density at radius 3 is 2.08 bits per heavy atom. The number of piperidine rings is 1. The van der Waals surface area contributed by atoms with Gasteiger partial charge in [-0.1, -0.05) is 6.42 Å². The Balaban J connectivity index is 0.00000576. The van der Waals surface area contributed by atoms with E-state index >= 15 is 0 Å². The highest BCUT2D eigenvalue weighted by atomic mass is 127. The molecule has 1 rings (SSSR count). The van der Waals surface area contributed by atoms with Crippen molar-refractivity contribution in [1.82, 2.24) is 15.5 Å². The van der Waals surface area contributed by atoms with Gasteiger partial charge in [-0.2, -0.15) is 0 Å². The van der Waals surface area contributed by atoms with Gasteiger partial charge in [-0.05, 0) is 60.5 Å². The fourth-order valence-electron chi connectivity index (χ4n) is 2.74. The minimum absolute atomic E-state index is 0. The molecule has 0 aliphatic carbocycles. The molecule has 1 fully saturated rings. The standard InChI is InChI=1S/C17H36N4O2S.HI/c1-16(2,3)24(22,23)13-10-19-15(18-6)20-14-17(4,5)21-11-8-7-9-12-21;/h7-14H2,1-6H3,(H2,18,19,20);1H. The summed E-state index contributed by atoms with van der Waals surface area (Å²) in [6, 6.07) is 0. The smallest absolute Gasteiger partial charge is 0.191 e. The van der Waals surface area contributed by atoms with E-state index in [-0.39, 0.29) is 35.3 Å². The Morgan fingerprint density at radius 2 is 1.60 bits per heavy atom. The van der Waals surface area contributed by atoms with Crippen LogP contribution < -0.4 is 10.6 Å². The summed E-state index contributed by atoms with van der Waals surface area (Å²) in [5.74, 6) is 0.761. The highest BCUT2D eigenvalue weighted by Crippen LogP contribution is 2.19. The van der Waals surface area contributed by atoms with E-state index in [0.717, 1.165) is 19.6 Å². The van der Waals surface area contributed by atoms with Crippen LogP contribution in [0, 0.1) is 0 Å². The highest BCUT2D eigenvalue weighted by Gasteiger charge is 2.29. The summed E-state index contributed by atoms with van der Waals surface area (Å²) in [6.45, 7) is 13.1. The van der Waals surface area contributed by atoms with E-state index in [1.165, 1.54) is 19.3 Å². The fraction of sp³-hybridized carbons (Fsp3) is 0.941. The third-order valence-corrected chi connectivity index (χ3v) is 7.33. The lowest BCUT2D eigenvalue weighted by molar-refractivity contribution is 0.0982. The number of sulfone groups is 1. The Kier molecular flexibility index (Phi) is 10.3. The largest absolute Gasteiger partial charge is 0.355 e. The first kappa shape index (κ1) is 24.9. The Hall–Kier alpha value is -0.0900. The lowest BCUT2D eigenvalue weighted by Crippen LogP contribution is -2.55. The Labute approximate surface area is 171 Å². The van der Waals surface area contributed by atoms with Crippen LogP contribution in [0.4, 0.5) is 0 Å². The second-order valence-corrected chi connectivity index (χ2v) is 11.0. The molecule has 0 saturated carbocycles. The third-order valence-electron chi connectivity index (χ3n) is 4.72. The van der Waals surface area contributed by atoms with Crippen LogP contribution in [-0.4, -0.2) is 68.5 Å². The average Bonchev–Trinajstić information content (AvgIpc) is 2.50. The molecular formula is C17H37IN4O2S. The number of hydrogen-bond acceptors (Lipinski definition) is 4. The quantitative estimate of drug-likeness (QED) is 0.341. The zero-order valence-corrected chi connectivity index (χ0v) is 19.8. The first-order valence-corrected chi connectivity index (χ1v) is 10.6. The van der Waals surface area contributed by atoms with Crippen molar-refractivity contribution in [2.24, 2.45) is 4.99 Å². The Bertz CT molecular complexity index is 521. The van der Waals surface area contributed by atoms with Gasteiger partial charge in [-0.25, -0.2) is 8.42 Å². The summed E-state index contributed by atoms with van der Waals surface area (Å²) >= 11 is 0. The zero-order chi connectivity index (χ0) is 18.4. The molecule has 150 valence electrons. The number of nitrogens with one attached hydrogen (secondary N) is 2. The van der Waals surface area contributed by atoms with Gasteiger partial charge < -0.3 is 10.6 Å². The molecule has 0 radical (unpaired) electrons. The number of rotatable bonds is 6. The van der Waals surface area contributed by atoms with Crippen LogP contribution in [0.5, 0.6) is 0 Å². The van der Waals surface area contributed by atoms with Gasteiger partial charge in [0, 0.05) is 25.7 Å². The Morgan fingerprint density at radius 1 is 1.04 bits per heavy atom. The van der Waals surface area contributed by atoms with Crippen molar-refractivity contribution in [3.05, 3.63) is 0 Å². The van der Waals surface area contributed by atoms with E-state index in [1.807, 2.05) is 0 Å². The van der Waals surface area contributed by atoms with Crippen LogP contribution in [0.25, 0.3) is 0 Å². The molecule has 1 heterocycles. The van der Waals surface area contributed by atoms with E-state index in [9.17, 15) is 8.42 Å². The second kappa shape index (κ2) is 10.3. The zero-order valence-electron chi connectivity index (χ0n) is 16.7. The summed E-state index contributed by atoms with van der Waals surface area (Å²) < 4.78 is 23.6. The number of hydrogen-bond donors (Lipinski definition) is 2. The molecule has 6 nitrogen and oxygen atoms in total.